The van der Waals surface area contributed by atoms with Crippen LogP contribution in [0.2, 0.25) is 0 Å². The Hall–Kier alpha value is -1.26. The zero-order chi connectivity index (χ0) is 14.7. The quantitative estimate of drug-likeness (QED) is 0.796. The van der Waals surface area contributed by atoms with Crippen molar-refractivity contribution >= 4 is 22.6 Å². The number of hydrogen-bond donors (Lipinski definition) is 0. The minimum atomic E-state index is 0.552. The summed E-state index contributed by atoms with van der Waals surface area (Å²) in [6.07, 6.45) is 3.14. The number of aromatic nitrogens is 2. The molecule has 0 N–H and O–H groups in total. The van der Waals surface area contributed by atoms with E-state index in [2.05, 4.69) is 10.6 Å². The maximum absolute atomic E-state index is 5.93. The van der Waals surface area contributed by atoms with Gasteiger partial charge in [-0.3, -0.25) is 0 Å². The van der Waals surface area contributed by atoms with Gasteiger partial charge in [-0.2, -0.15) is 0 Å². The summed E-state index contributed by atoms with van der Waals surface area (Å²) in [5, 5.41) is 0. The molecule has 0 saturated carbocycles. The number of halogens is 1. The van der Waals surface area contributed by atoms with Crippen molar-refractivity contribution in [1.29, 1.82) is 0 Å². The summed E-state index contributed by atoms with van der Waals surface area (Å²) in [4.78, 5) is 4.73. The molecule has 0 amide bonds. The highest BCUT2D eigenvalue weighted by atomic mass is 35.5. The molecular weight excluding hydrogens is 288 g/mol. The van der Waals surface area contributed by atoms with Crippen molar-refractivity contribution in [2.45, 2.75) is 25.8 Å². The van der Waals surface area contributed by atoms with Gasteiger partial charge in [0.05, 0.1) is 24.8 Å². The molecule has 5 heteroatoms. The van der Waals surface area contributed by atoms with E-state index >= 15 is 0 Å². The molecule has 1 aromatic heterocycles. The maximum Gasteiger partial charge on any atom is 0.121 e. The first kappa shape index (κ1) is 14.7. The van der Waals surface area contributed by atoms with Gasteiger partial charge in [0.1, 0.15) is 11.6 Å². The molecule has 0 bridgehead atoms. The first-order chi connectivity index (χ1) is 10.3. The SMILES string of the molecule is COc1ccc2nc(CCCl)n(CC3CCCOC3)c2c1. The Morgan fingerprint density at radius 1 is 1.48 bits per heavy atom. The van der Waals surface area contributed by atoms with E-state index in [4.69, 9.17) is 26.1 Å². The van der Waals surface area contributed by atoms with Gasteiger partial charge < -0.3 is 14.0 Å². The van der Waals surface area contributed by atoms with Crippen LogP contribution in [0, 0.1) is 5.92 Å². The van der Waals surface area contributed by atoms with E-state index in [0.29, 0.717) is 11.8 Å². The molecule has 1 unspecified atom stereocenters. The molecular formula is C16H21ClN2O2. The van der Waals surface area contributed by atoms with E-state index in [-0.39, 0.29) is 0 Å². The molecule has 4 nitrogen and oxygen atoms in total. The highest BCUT2D eigenvalue weighted by molar-refractivity contribution is 6.17. The summed E-state index contributed by atoms with van der Waals surface area (Å²) in [6, 6.07) is 6.03. The summed E-state index contributed by atoms with van der Waals surface area (Å²) >= 11 is 5.93. The van der Waals surface area contributed by atoms with E-state index in [0.717, 1.165) is 55.2 Å². The Morgan fingerprint density at radius 3 is 3.10 bits per heavy atom. The molecule has 21 heavy (non-hydrogen) atoms. The second kappa shape index (κ2) is 6.67. The standard InChI is InChI=1S/C16H21ClN2O2/c1-20-13-4-5-14-15(9-13)19(16(18-14)6-7-17)10-12-3-2-8-21-11-12/h4-5,9,12H,2-3,6-8,10-11H2,1H3. The molecule has 1 aromatic carbocycles. The fourth-order valence-corrected chi connectivity index (χ4v) is 3.14. The van der Waals surface area contributed by atoms with Crippen molar-refractivity contribution in [3.05, 3.63) is 24.0 Å². The molecule has 2 aromatic rings. The lowest BCUT2D eigenvalue weighted by atomic mass is 10.0. The van der Waals surface area contributed by atoms with Crippen molar-refractivity contribution in [3.8, 4) is 5.75 Å². The van der Waals surface area contributed by atoms with Crippen molar-refractivity contribution in [2.75, 3.05) is 26.2 Å². The topological polar surface area (TPSA) is 36.3 Å². The summed E-state index contributed by atoms with van der Waals surface area (Å²) in [7, 11) is 1.69. The van der Waals surface area contributed by atoms with Crippen LogP contribution in [0.1, 0.15) is 18.7 Å². The highest BCUT2D eigenvalue weighted by Crippen LogP contribution is 2.25. The first-order valence-electron chi connectivity index (χ1n) is 7.48. The first-order valence-corrected chi connectivity index (χ1v) is 8.02. The number of fused-ring (bicyclic) bond motifs is 1. The lowest BCUT2D eigenvalue weighted by Gasteiger charge is -2.23. The van der Waals surface area contributed by atoms with Crippen LogP contribution < -0.4 is 4.74 Å². The van der Waals surface area contributed by atoms with Gasteiger partial charge in [-0.05, 0) is 25.0 Å². The molecule has 2 heterocycles. The predicted molar refractivity (Wildman–Crippen MR) is 84.3 cm³/mol. The fraction of sp³-hybridized carbons (Fsp3) is 0.562. The number of imidazole rings is 1. The summed E-state index contributed by atoms with van der Waals surface area (Å²) in [5.41, 5.74) is 2.13. The minimum absolute atomic E-state index is 0.552. The van der Waals surface area contributed by atoms with Crippen molar-refractivity contribution in [2.24, 2.45) is 5.92 Å². The molecule has 0 radical (unpaired) electrons. The third-order valence-corrected chi connectivity index (χ3v) is 4.24. The number of rotatable bonds is 5. The molecule has 1 aliphatic heterocycles. The zero-order valence-corrected chi connectivity index (χ0v) is 13.1. The Kier molecular flexibility index (Phi) is 4.66. The second-order valence-corrected chi connectivity index (χ2v) is 5.89. The molecule has 1 atom stereocenters. The van der Waals surface area contributed by atoms with Gasteiger partial charge in [0, 0.05) is 37.4 Å². The Morgan fingerprint density at radius 2 is 2.38 bits per heavy atom. The summed E-state index contributed by atoms with van der Waals surface area (Å²) in [5.74, 6) is 3.05. The average molecular weight is 309 g/mol. The Bertz CT molecular complexity index is 606. The molecule has 0 spiro atoms. The smallest absolute Gasteiger partial charge is 0.121 e. The molecule has 1 aliphatic rings. The third kappa shape index (κ3) is 3.16. The van der Waals surface area contributed by atoms with E-state index in [1.807, 2.05) is 12.1 Å². The van der Waals surface area contributed by atoms with Crippen LogP contribution in [0.3, 0.4) is 0 Å². The number of ether oxygens (including phenoxy) is 2. The normalized spacial score (nSPS) is 19.0. The van der Waals surface area contributed by atoms with Gasteiger partial charge in [0.25, 0.3) is 0 Å². The highest BCUT2D eigenvalue weighted by Gasteiger charge is 2.18. The van der Waals surface area contributed by atoms with Crippen molar-refractivity contribution in [1.82, 2.24) is 9.55 Å². The van der Waals surface area contributed by atoms with Crippen LogP contribution in [-0.4, -0.2) is 35.8 Å². The van der Waals surface area contributed by atoms with E-state index in [1.165, 1.54) is 6.42 Å². The molecule has 3 rings (SSSR count). The van der Waals surface area contributed by atoms with Crippen LogP contribution in [0.5, 0.6) is 5.75 Å². The second-order valence-electron chi connectivity index (χ2n) is 5.52. The van der Waals surface area contributed by atoms with Crippen LogP contribution in [0.4, 0.5) is 0 Å². The van der Waals surface area contributed by atoms with Gasteiger partial charge in [-0.1, -0.05) is 0 Å². The number of nitrogens with zero attached hydrogens (tertiary/aromatic N) is 2. The molecule has 1 saturated heterocycles. The summed E-state index contributed by atoms with van der Waals surface area (Å²) < 4.78 is 13.2. The van der Waals surface area contributed by atoms with Crippen LogP contribution in [-0.2, 0) is 17.7 Å². The third-order valence-electron chi connectivity index (χ3n) is 4.05. The fourth-order valence-electron chi connectivity index (χ4n) is 2.97. The molecule has 0 aliphatic carbocycles. The number of benzene rings is 1. The van der Waals surface area contributed by atoms with E-state index < -0.39 is 0 Å². The Balaban J connectivity index is 1.96. The number of aryl methyl sites for hydroxylation is 1. The van der Waals surface area contributed by atoms with Gasteiger partial charge in [-0.25, -0.2) is 4.98 Å². The van der Waals surface area contributed by atoms with Gasteiger partial charge in [0.2, 0.25) is 0 Å². The monoisotopic (exact) mass is 308 g/mol. The van der Waals surface area contributed by atoms with Gasteiger partial charge in [0.15, 0.2) is 0 Å². The Labute approximate surface area is 130 Å². The summed E-state index contributed by atoms with van der Waals surface area (Å²) in [6.45, 7) is 2.67. The lowest BCUT2D eigenvalue weighted by Crippen LogP contribution is -2.23. The molecule has 114 valence electrons. The van der Waals surface area contributed by atoms with Crippen LogP contribution >= 0.6 is 11.6 Å². The largest absolute Gasteiger partial charge is 0.497 e. The lowest BCUT2D eigenvalue weighted by molar-refractivity contribution is 0.0485. The molecule has 1 fully saturated rings. The van der Waals surface area contributed by atoms with Gasteiger partial charge in [-0.15, -0.1) is 11.6 Å². The van der Waals surface area contributed by atoms with E-state index in [9.17, 15) is 0 Å². The van der Waals surface area contributed by atoms with Crippen molar-refractivity contribution in [3.63, 3.8) is 0 Å². The van der Waals surface area contributed by atoms with Gasteiger partial charge >= 0.3 is 0 Å². The number of methoxy groups -OCH3 is 1. The number of alkyl halides is 1. The van der Waals surface area contributed by atoms with E-state index in [1.54, 1.807) is 7.11 Å². The average Bonchev–Trinajstić information content (AvgIpc) is 2.86. The number of hydrogen-bond acceptors (Lipinski definition) is 3. The minimum Gasteiger partial charge on any atom is -0.497 e. The predicted octanol–water partition coefficient (Wildman–Crippen LogP) is 3.25. The van der Waals surface area contributed by atoms with Crippen LogP contribution in [0.25, 0.3) is 11.0 Å². The van der Waals surface area contributed by atoms with Crippen molar-refractivity contribution < 1.29 is 9.47 Å². The zero-order valence-electron chi connectivity index (χ0n) is 12.3. The van der Waals surface area contributed by atoms with Crippen LogP contribution in [0.15, 0.2) is 18.2 Å². The maximum atomic E-state index is 5.93.